The van der Waals surface area contributed by atoms with Gasteiger partial charge in [-0.15, -0.1) is 5.10 Å². The van der Waals surface area contributed by atoms with Crippen LogP contribution in [-0.4, -0.2) is 31.9 Å². The Bertz CT molecular complexity index is 908. The van der Waals surface area contributed by atoms with Crippen LogP contribution in [0.25, 0.3) is 0 Å². The molecule has 6 nitrogen and oxygen atoms in total. The molecule has 0 atom stereocenters. The van der Waals surface area contributed by atoms with Crippen molar-refractivity contribution in [2.75, 3.05) is 11.1 Å². The summed E-state index contributed by atoms with van der Waals surface area (Å²) in [7, 11) is 0. The van der Waals surface area contributed by atoms with Crippen LogP contribution in [0.2, 0.25) is 0 Å². The van der Waals surface area contributed by atoms with Crippen molar-refractivity contribution in [3.05, 3.63) is 65.2 Å². The van der Waals surface area contributed by atoms with Crippen LogP contribution in [0.3, 0.4) is 0 Å². The summed E-state index contributed by atoms with van der Waals surface area (Å²) in [6.07, 6.45) is 0. The Morgan fingerprint density at radius 1 is 1.15 bits per heavy atom. The zero-order valence-corrected chi connectivity index (χ0v) is 16.5. The third-order valence-electron chi connectivity index (χ3n) is 4.20. The summed E-state index contributed by atoms with van der Waals surface area (Å²) in [5.74, 6) is 0.526. The van der Waals surface area contributed by atoms with Crippen molar-refractivity contribution in [2.24, 2.45) is 0 Å². The molecule has 0 saturated heterocycles. The zero-order valence-electron chi connectivity index (χ0n) is 15.7. The number of hydrogen-bond donors (Lipinski definition) is 1. The van der Waals surface area contributed by atoms with Gasteiger partial charge in [-0.2, -0.15) is 0 Å². The van der Waals surface area contributed by atoms with Crippen molar-refractivity contribution in [1.82, 2.24) is 20.2 Å². The van der Waals surface area contributed by atoms with Gasteiger partial charge in [0.25, 0.3) is 0 Å². The maximum atomic E-state index is 12.5. The highest BCUT2D eigenvalue weighted by Crippen LogP contribution is 2.27. The Morgan fingerprint density at radius 2 is 1.93 bits per heavy atom. The first kappa shape index (κ1) is 19.1. The molecule has 27 heavy (non-hydrogen) atoms. The van der Waals surface area contributed by atoms with E-state index in [2.05, 4.69) is 40.8 Å². The van der Waals surface area contributed by atoms with E-state index in [-0.39, 0.29) is 11.7 Å². The molecule has 1 aromatic heterocycles. The van der Waals surface area contributed by atoms with Gasteiger partial charge in [0, 0.05) is 5.69 Å². The number of amides is 1. The predicted molar refractivity (Wildman–Crippen MR) is 108 cm³/mol. The molecule has 0 aliphatic heterocycles. The molecule has 0 spiro atoms. The summed E-state index contributed by atoms with van der Waals surface area (Å²) < 4.78 is 1.71. The van der Waals surface area contributed by atoms with E-state index in [1.807, 2.05) is 49.4 Å². The molecule has 1 heterocycles. The van der Waals surface area contributed by atoms with Crippen LogP contribution in [-0.2, 0) is 11.3 Å². The molecule has 0 aliphatic carbocycles. The van der Waals surface area contributed by atoms with Crippen molar-refractivity contribution in [2.45, 2.75) is 38.4 Å². The first-order chi connectivity index (χ1) is 13.0. The number of carbonyl (C=O) groups excluding carboxylic acids is 1. The molecule has 0 fully saturated rings. The van der Waals surface area contributed by atoms with E-state index in [4.69, 9.17) is 0 Å². The number of benzene rings is 2. The van der Waals surface area contributed by atoms with Crippen molar-refractivity contribution >= 4 is 23.4 Å². The average molecular weight is 382 g/mol. The van der Waals surface area contributed by atoms with Crippen molar-refractivity contribution in [3.63, 3.8) is 0 Å². The van der Waals surface area contributed by atoms with E-state index in [0.717, 1.165) is 22.4 Å². The molecule has 3 aromatic rings. The number of anilines is 1. The fraction of sp³-hybridized carbons (Fsp3) is 0.300. The van der Waals surface area contributed by atoms with Crippen LogP contribution < -0.4 is 5.32 Å². The van der Waals surface area contributed by atoms with Gasteiger partial charge in [-0.1, -0.05) is 74.1 Å². The summed E-state index contributed by atoms with van der Waals surface area (Å²) in [4.78, 5) is 12.5. The number of nitrogens with zero attached hydrogens (tertiary/aromatic N) is 4. The van der Waals surface area contributed by atoms with Gasteiger partial charge in [-0.05, 0) is 40.0 Å². The summed E-state index contributed by atoms with van der Waals surface area (Å²) in [6.45, 7) is 6.83. The molecule has 0 radical (unpaired) electrons. The molecule has 0 saturated carbocycles. The SMILES string of the molecule is Cc1cccc(C(C)C)c1NC(=O)CSc1nnnn1Cc1ccccc1. The third kappa shape index (κ3) is 4.95. The summed E-state index contributed by atoms with van der Waals surface area (Å²) in [5, 5.41) is 15.5. The van der Waals surface area contributed by atoms with Crippen LogP contribution in [0.15, 0.2) is 53.7 Å². The summed E-state index contributed by atoms with van der Waals surface area (Å²) >= 11 is 1.34. The Hall–Kier alpha value is -2.67. The normalized spacial score (nSPS) is 11.0. The lowest BCUT2D eigenvalue weighted by molar-refractivity contribution is -0.113. The molecule has 1 amide bonds. The molecule has 1 N–H and O–H groups in total. The number of thioether (sulfide) groups is 1. The molecule has 7 heteroatoms. The van der Waals surface area contributed by atoms with E-state index in [9.17, 15) is 4.79 Å². The second-order valence-electron chi connectivity index (χ2n) is 6.64. The molecule has 140 valence electrons. The van der Waals surface area contributed by atoms with Gasteiger partial charge in [0.15, 0.2) is 0 Å². The largest absolute Gasteiger partial charge is 0.325 e. The lowest BCUT2D eigenvalue weighted by Gasteiger charge is -2.16. The molecule has 3 rings (SSSR count). The van der Waals surface area contributed by atoms with Gasteiger partial charge >= 0.3 is 0 Å². The smallest absolute Gasteiger partial charge is 0.234 e. The molecule has 0 aliphatic rings. The van der Waals surface area contributed by atoms with Gasteiger partial charge in [0.05, 0.1) is 12.3 Å². The van der Waals surface area contributed by atoms with Crippen LogP contribution >= 0.6 is 11.8 Å². The lowest BCUT2D eigenvalue weighted by atomic mass is 9.98. The number of rotatable bonds is 7. The summed E-state index contributed by atoms with van der Waals surface area (Å²) in [5.41, 5.74) is 4.22. The highest BCUT2D eigenvalue weighted by Gasteiger charge is 2.14. The van der Waals surface area contributed by atoms with Crippen molar-refractivity contribution < 1.29 is 4.79 Å². The van der Waals surface area contributed by atoms with E-state index in [0.29, 0.717) is 17.6 Å². The van der Waals surface area contributed by atoms with Gasteiger partial charge in [0.1, 0.15) is 0 Å². The first-order valence-electron chi connectivity index (χ1n) is 8.87. The fourth-order valence-corrected chi connectivity index (χ4v) is 3.48. The van der Waals surface area contributed by atoms with Crippen molar-refractivity contribution in [1.29, 1.82) is 0 Å². The molecule has 0 bridgehead atoms. The van der Waals surface area contributed by atoms with E-state index in [1.165, 1.54) is 11.8 Å². The minimum absolute atomic E-state index is 0.0644. The Balaban J connectivity index is 1.64. The fourth-order valence-electron chi connectivity index (χ4n) is 2.80. The molecular formula is C20H23N5OS. The second-order valence-corrected chi connectivity index (χ2v) is 7.58. The topological polar surface area (TPSA) is 72.7 Å². The van der Waals surface area contributed by atoms with Crippen LogP contribution in [0.1, 0.15) is 36.5 Å². The van der Waals surface area contributed by atoms with E-state index in [1.54, 1.807) is 4.68 Å². The second kappa shape index (κ2) is 8.81. The minimum atomic E-state index is -0.0644. The molecule has 0 unspecified atom stereocenters. The Labute approximate surface area is 163 Å². The monoisotopic (exact) mass is 381 g/mol. The highest BCUT2D eigenvalue weighted by molar-refractivity contribution is 7.99. The minimum Gasteiger partial charge on any atom is -0.325 e. The average Bonchev–Trinajstić information content (AvgIpc) is 3.09. The van der Waals surface area contributed by atoms with Crippen LogP contribution in [0.5, 0.6) is 0 Å². The van der Waals surface area contributed by atoms with Crippen LogP contribution in [0, 0.1) is 6.92 Å². The van der Waals surface area contributed by atoms with E-state index < -0.39 is 0 Å². The lowest BCUT2D eigenvalue weighted by Crippen LogP contribution is -2.17. The maximum Gasteiger partial charge on any atom is 0.234 e. The van der Waals surface area contributed by atoms with Gasteiger partial charge in [-0.25, -0.2) is 4.68 Å². The Kier molecular flexibility index (Phi) is 6.24. The Morgan fingerprint density at radius 3 is 2.67 bits per heavy atom. The van der Waals surface area contributed by atoms with Gasteiger partial charge in [0.2, 0.25) is 11.1 Å². The van der Waals surface area contributed by atoms with Gasteiger partial charge < -0.3 is 5.32 Å². The quantitative estimate of drug-likeness (QED) is 0.629. The predicted octanol–water partition coefficient (Wildman–Crippen LogP) is 3.88. The first-order valence-corrected chi connectivity index (χ1v) is 9.85. The number of aromatic nitrogens is 4. The number of carbonyl (C=O) groups is 1. The number of nitrogens with one attached hydrogen (secondary N) is 1. The summed E-state index contributed by atoms with van der Waals surface area (Å²) in [6, 6.07) is 16.1. The zero-order chi connectivity index (χ0) is 19.2. The third-order valence-corrected chi connectivity index (χ3v) is 5.16. The standard InChI is InChI=1S/C20H23N5OS/c1-14(2)17-11-7-8-15(3)19(17)21-18(26)13-27-20-22-23-24-25(20)12-16-9-5-4-6-10-16/h4-11,14H,12-13H2,1-3H3,(H,21,26). The molecular weight excluding hydrogens is 358 g/mol. The molecule has 2 aromatic carbocycles. The maximum absolute atomic E-state index is 12.5. The van der Waals surface area contributed by atoms with E-state index >= 15 is 0 Å². The number of aryl methyl sites for hydroxylation is 1. The van der Waals surface area contributed by atoms with Crippen LogP contribution in [0.4, 0.5) is 5.69 Å². The number of para-hydroxylation sites is 1. The highest BCUT2D eigenvalue weighted by atomic mass is 32.2. The number of tetrazole rings is 1. The van der Waals surface area contributed by atoms with Crippen molar-refractivity contribution in [3.8, 4) is 0 Å². The van der Waals surface area contributed by atoms with Gasteiger partial charge in [-0.3, -0.25) is 4.79 Å². The number of hydrogen-bond acceptors (Lipinski definition) is 5.